The maximum Gasteiger partial charge on any atom is 0.115 e. The number of likely N-dealkylation sites (N-methyl/N-ethyl adjacent to an activating group) is 1. The fourth-order valence-electron chi connectivity index (χ4n) is 0.898. The third-order valence-electron chi connectivity index (χ3n) is 1.53. The summed E-state index contributed by atoms with van der Waals surface area (Å²) in [6, 6.07) is 7.11. The van der Waals surface area contributed by atoms with Gasteiger partial charge in [-0.25, -0.2) is 0 Å². The van der Waals surface area contributed by atoms with Gasteiger partial charge in [0.05, 0.1) is 0 Å². The molecule has 0 radical (unpaired) electrons. The van der Waals surface area contributed by atoms with Crippen LogP contribution in [0.25, 0.3) is 6.08 Å². The number of hydrogen-bond donors (Lipinski definition) is 2. The number of benzene rings is 1. The highest BCUT2D eigenvalue weighted by Gasteiger charge is 1.86. The fourth-order valence-corrected chi connectivity index (χ4v) is 0.898. The number of phenols is 1. The minimum Gasteiger partial charge on any atom is -0.508 e. The van der Waals surface area contributed by atoms with Crippen LogP contribution in [0.1, 0.15) is 5.56 Å². The zero-order valence-corrected chi connectivity index (χ0v) is 7.12. The van der Waals surface area contributed by atoms with Gasteiger partial charge in [-0.05, 0) is 24.7 Å². The lowest BCUT2D eigenvalue weighted by Crippen LogP contribution is -2.03. The van der Waals surface area contributed by atoms with Crippen LogP contribution >= 0.6 is 0 Å². The summed E-state index contributed by atoms with van der Waals surface area (Å²) in [5.41, 5.74) is 1.10. The summed E-state index contributed by atoms with van der Waals surface area (Å²) in [5, 5.41) is 12.0. The number of hydrogen-bond acceptors (Lipinski definition) is 2. The lowest BCUT2D eigenvalue weighted by molar-refractivity contribution is 0.475. The Bertz CT molecular complexity index is 251. The first kappa shape index (κ1) is 8.81. The molecular formula is C10H13NO. The molecule has 1 aromatic carbocycles. The molecule has 0 aromatic heterocycles. The molecule has 0 aliphatic heterocycles. The van der Waals surface area contributed by atoms with E-state index in [-0.39, 0.29) is 0 Å². The van der Waals surface area contributed by atoms with Gasteiger partial charge < -0.3 is 10.4 Å². The quantitative estimate of drug-likeness (QED) is 0.709. The van der Waals surface area contributed by atoms with Crippen LogP contribution in [-0.2, 0) is 0 Å². The van der Waals surface area contributed by atoms with Gasteiger partial charge in [0.15, 0.2) is 0 Å². The summed E-state index contributed by atoms with van der Waals surface area (Å²) in [6.07, 6.45) is 4.04. The van der Waals surface area contributed by atoms with Crippen molar-refractivity contribution < 1.29 is 5.11 Å². The van der Waals surface area contributed by atoms with Gasteiger partial charge in [0, 0.05) is 6.54 Å². The van der Waals surface area contributed by atoms with Crippen LogP contribution in [0.2, 0.25) is 0 Å². The van der Waals surface area contributed by atoms with E-state index < -0.39 is 0 Å². The average molecular weight is 163 g/mol. The largest absolute Gasteiger partial charge is 0.508 e. The second-order valence-corrected chi connectivity index (χ2v) is 2.55. The highest BCUT2D eigenvalue weighted by Crippen LogP contribution is 2.10. The van der Waals surface area contributed by atoms with E-state index in [1.807, 2.05) is 31.3 Å². The maximum absolute atomic E-state index is 8.99. The van der Waals surface area contributed by atoms with Gasteiger partial charge in [-0.2, -0.15) is 0 Å². The highest BCUT2D eigenvalue weighted by atomic mass is 16.3. The van der Waals surface area contributed by atoms with E-state index in [4.69, 9.17) is 5.11 Å². The molecule has 2 N–H and O–H groups in total. The van der Waals surface area contributed by atoms with Crippen LogP contribution in [0.15, 0.2) is 30.3 Å². The smallest absolute Gasteiger partial charge is 0.115 e. The normalized spacial score (nSPS) is 10.8. The fraction of sp³-hybridized carbons (Fsp3) is 0.200. The Kier molecular flexibility index (Phi) is 3.35. The molecule has 0 aliphatic rings. The predicted molar refractivity (Wildman–Crippen MR) is 51.1 cm³/mol. The van der Waals surface area contributed by atoms with Crippen molar-refractivity contribution in [1.29, 1.82) is 0 Å². The van der Waals surface area contributed by atoms with Gasteiger partial charge in [-0.15, -0.1) is 0 Å². The van der Waals surface area contributed by atoms with Gasteiger partial charge in [0.1, 0.15) is 5.75 Å². The van der Waals surface area contributed by atoms with Crippen LogP contribution in [0.4, 0.5) is 0 Å². The molecule has 0 unspecified atom stereocenters. The average Bonchev–Trinajstić information content (AvgIpc) is 2.09. The third kappa shape index (κ3) is 2.76. The number of phenolic OH excluding ortho intramolecular Hbond substituents is 1. The van der Waals surface area contributed by atoms with Crippen LogP contribution < -0.4 is 5.32 Å². The Hall–Kier alpha value is -1.28. The Labute approximate surface area is 72.5 Å². The molecule has 2 nitrogen and oxygen atoms in total. The van der Waals surface area contributed by atoms with Crippen molar-refractivity contribution in [3.05, 3.63) is 35.9 Å². The Morgan fingerprint density at radius 3 is 2.58 bits per heavy atom. The Morgan fingerprint density at radius 1 is 1.33 bits per heavy atom. The van der Waals surface area contributed by atoms with Crippen LogP contribution in [0, 0.1) is 0 Å². The predicted octanol–water partition coefficient (Wildman–Crippen LogP) is 1.62. The molecule has 0 bridgehead atoms. The van der Waals surface area contributed by atoms with Crippen molar-refractivity contribution in [1.82, 2.24) is 5.32 Å². The lowest BCUT2D eigenvalue weighted by Gasteiger charge is -1.93. The SMILES string of the molecule is CNC/C=C/c1ccc(O)cc1. The maximum atomic E-state index is 8.99. The minimum atomic E-state index is 0.306. The molecule has 0 aliphatic carbocycles. The van der Waals surface area contributed by atoms with Gasteiger partial charge in [-0.1, -0.05) is 24.3 Å². The molecule has 0 heterocycles. The zero-order chi connectivity index (χ0) is 8.81. The van der Waals surface area contributed by atoms with E-state index in [0.717, 1.165) is 12.1 Å². The first-order valence-electron chi connectivity index (χ1n) is 3.93. The summed E-state index contributed by atoms with van der Waals surface area (Å²) >= 11 is 0. The Morgan fingerprint density at radius 2 is 2.00 bits per heavy atom. The summed E-state index contributed by atoms with van der Waals surface area (Å²) in [6.45, 7) is 0.862. The molecular weight excluding hydrogens is 150 g/mol. The van der Waals surface area contributed by atoms with Gasteiger partial charge in [0.25, 0.3) is 0 Å². The monoisotopic (exact) mass is 163 g/mol. The summed E-state index contributed by atoms with van der Waals surface area (Å²) in [7, 11) is 1.90. The molecule has 0 spiro atoms. The van der Waals surface area contributed by atoms with Crippen molar-refractivity contribution >= 4 is 6.08 Å². The summed E-state index contributed by atoms with van der Waals surface area (Å²) < 4.78 is 0. The minimum absolute atomic E-state index is 0.306. The van der Waals surface area contributed by atoms with Crippen molar-refractivity contribution in [2.24, 2.45) is 0 Å². The number of rotatable bonds is 3. The number of aromatic hydroxyl groups is 1. The van der Waals surface area contributed by atoms with E-state index >= 15 is 0 Å². The standard InChI is InChI=1S/C10H13NO/c1-11-8-2-3-9-4-6-10(12)7-5-9/h2-7,11-12H,8H2,1H3/b3-2+. The van der Waals surface area contributed by atoms with Crippen LogP contribution in [0.3, 0.4) is 0 Å². The summed E-state index contributed by atoms with van der Waals surface area (Å²) in [4.78, 5) is 0. The van der Waals surface area contributed by atoms with Crippen molar-refractivity contribution in [2.75, 3.05) is 13.6 Å². The molecule has 1 aromatic rings. The molecule has 0 fully saturated rings. The molecule has 1 rings (SSSR count). The second-order valence-electron chi connectivity index (χ2n) is 2.55. The molecule has 0 atom stereocenters. The topological polar surface area (TPSA) is 32.3 Å². The first-order valence-corrected chi connectivity index (χ1v) is 3.93. The zero-order valence-electron chi connectivity index (χ0n) is 7.12. The molecule has 64 valence electrons. The molecule has 0 saturated carbocycles. The molecule has 0 amide bonds. The van der Waals surface area contributed by atoms with E-state index in [1.165, 1.54) is 0 Å². The molecule has 12 heavy (non-hydrogen) atoms. The van der Waals surface area contributed by atoms with Crippen molar-refractivity contribution in [2.45, 2.75) is 0 Å². The molecule has 0 saturated heterocycles. The van der Waals surface area contributed by atoms with Gasteiger partial charge in [0.2, 0.25) is 0 Å². The Balaban J connectivity index is 2.58. The van der Waals surface area contributed by atoms with Gasteiger partial charge in [-0.3, -0.25) is 0 Å². The van der Waals surface area contributed by atoms with Crippen molar-refractivity contribution in [3.8, 4) is 5.75 Å². The van der Waals surface area contributed by atoms with Crippen molar-refractivity contribution in [3.63, 3.8) is 0 Å². The van der Waals surface area contributed by atoms with E-state index in [9.17, 15) is 0 Å². The second kappa shape index (κ2) is 4.57. The third-order valence-corrected chi connectivity index (χ3v) is 1.53. The molecule has 2 heteroatoms. The summed E-state index contributed by atoms with van der Waals surface area (Å²) in [5.74, 6) is 0.306. The number of nitrogens with one attached hydrogen (secondary N) is 1. The first-order chi connectivity index (χ1) is 5.83. The van der Waals surface area contributed by atoms with Gasteiger partial charge >= 0.3 is 0 Å². The lowest BCUT2D eigenvalue weighted by atomic mass is 10.2. The van der Waals surface area contributed by atoms with E-state index in [1.54, 1.807) is 12.1 Å². The van der Waals surface area contributed by atoms with Crippen LogP contribution in [0.5, 0.6) is 5.75 Å². The van der Waals surface area contributed by atoms with E-state index in [0.29, 0.717) is 5.75 Å². The van der Waals surface area contributed by atoms with E-state index in [2.05, 4.69) is 5.32 Å². The van der Waals surface area contributed by atoms with Crippen LogP contribution in [-0.4, -0.2) is 18.7 Å². The highest BCUT2D eigenvalue weighted by molar-refractivity contribution is 5.50.